The molecule has 176 valence electrons. The summed E-state index contributed by atoms with van der Waals surface area (Å²) in [6.45, 7) is -0.451. The molecule has 0 aliphatic carbocycles. The Morgan fingerprint density at radius 3 is 2.47 bits per heavy atom. The first-order valence-corrected chi connectivity index (χ1v) is 10.3. The monoisotopic (exact) mass is 497 g/mol. The van der Waals surface area contributed by atoms with E-state index in [0.717, 1.165) is 22.1 Å². The van der Waals surface area contributed by atoms with E-state index in [1.807, 2.05) is 0 Å². The van der Waals surface area contributed by atoms with Crippen LogP contribution in [-0.2, 0) is 18.9 Å². The van der Waals surface area contributed by atoms with E-state index in [2.05, 4.69) is 20.4 Å². The number of nitrogens with zero attached hydrogens (tertiary/aromatic N) is 4. The maximum absolute atomic E-state index is 13.3. The summed E-state index contributed by atoms with van der Waals surface area (Å²) in [6, 6.07) is 6.68. The fourth-order valence-corrected chi connectivity index (χ4v) is 3.81. The van der Waals surface area contributed by atoms with Crippen LogP contribution in [0.25, 0.3) is 10.7 Å². The highest BCUT2D eigenvalue weighted by atomic mass is 32.1. The molecule has 4 rings (SSSR count). The van der Waals surface area contributed by atoms with Gasteiger partial charge < -0.3 is 5.32 Å². The first kappa shape index (κ1) is 23.4. The number of thiazole rings is 1. The molecule has 0 saturated heterocycles. The van der Waals surface area contributed by atoms with Crippen LogP contribution in [-0.4, -0.2) is 25.7 Å². The average Bonchev–Trinajstić information content (AvgIpc) is 3.43. The molecule has 0 aliphatic heterocycles. The number of hydrogen-bond donors (Lipinski definition) is 1. The fraction of sp³-hybridized carbons (Fsp3) is 0.143. The van der Waals surface area contributed by atoms with Crippen LogP contribution in [0.3, 0.4) is 0 Å². The molecular weight excluding hydrogens is 484 g/mol. The van der Waals surface area contributed by atoms with Gasteiger partial charge in [0.1, 0.15) is 9.88 Å². The van der Waals surface area contributed by atoms with Gasteiger partial charge in [-0.05, 0) is 29.8 Å². The van der Waals surface area contributed by atoms with Crippen molar-refractivity contribution in [3.8, 4) is 10.7 Å². The minimum Gasteiger partial charge on any atom is -0.319 e. The van der Waals surface area contributed by atoms with E-state index in [-0.39, 0.29) is 16.6 Å². The molecule has 0 bridgehead atoms. The molecule has 0 atom stereocenters. The molecule has 3 aromatic heterocycles. The van der Waals surface area contributed by atoms with Crippen molar-refractivity contribution in [3.05, 3.63) is 82.8 Å². The van der Waals surface area contributed by atoms with E-state index >= 15 is 0 Å². The SMILES string of the molecule is O=C(Nc1cnn(Cc2ccc(C(F)(F)F)cc2C(F)(F)F)c1)c1cnc(-c2ccccn2)s1. The van der Waals surface area contributed by atoms with Crippen LogP contribution in [0.2, 0.25) is 0 Å². The van der Waals surface area contributed by atoms with Crippen molar-refractivity contribution in [3.63, 3.8) is 0 Å². The van der Waals surface area contributed by atoms with E-state index in [4.69, 9.17) is 0 Å². The third-order valence-electron chi connectivity index (χ3n) is 4.58. The molecule has 0 fully saturated rings. The Bertz CT molecular complexity index is 1310. The molecule has 0 spiro atoms. The normalized spacial score (nSPS) is 12.1. The van der Waals surface area contributed by atoms with Crippen LogP contribution in [0, 0.1) is 0 Å². The molecule has 1 amide bonds. The number of anilines is 1. The lowest BCUT2D eigenvalue weighted by Gasteiger charge is -2.16. The smallest absolute Gasteiger partial charge is 0.319 e. The molecule has 13 heteroatoms. The van der Waals surface area contributed by atoms with Gasteiger partial charge in [0.2, 0.25) is 0 Å². The Morgan fingerprint density at radius 1 is 1.00 bits per heavy atom. The Hall–Kier alpha value is -3.74. The van der Waals surface area contributed by atoms with Crippen molar-refractivity contribution in [1.82, 2.24) is 19.7 Å². The lowest BCUT2D eigenvalue weighted by atomic mass is 10.0. The van der Waals surface area contributed by atoms with E-state index in [9.17, 15) is 31.1 Å². The second-order valence-electron chi connectivity index (χ2n) is 6.99. The predicted octanol–water partition coefficient (Wildman–Crippen LogP) is 5.74. The zero-order valence-electron chi connectivity index (χ0n) is 16.9. The van der Waals surface area contributed by atoms with Gasteiger partial charge in [-0.2, -0.15) is 31.4 Å². The molecule has 1 N–H and O–H groups in total. The molecule has 34 heavy (non-hydrogen) atoms. The van der Waals surface area contributed by atoms with Gasteiger partial charge in [-0.3, -0.25) is 14.5 Å². The minimum atomic E-state index is -4.99. The number of pyridine rings is 1. The highest BCUT2D eigenvalue weighted by molar-refractivity contribution is 7.17. The lowest BCUT2D eigenvalue weighted by molar-refractivity contribution is -0.143. The average molecular weight is 497 g/mol. The number of nitrogens with one attached hydrogen (secondary N) is 1. The minimum absolute atomic E-state index is 0.0739. The van der Waals surface area contributed by atoms with Gasteiger partial charge in [0, 0.05) is 12.4 Å². The molecular formula is C21H13F6N5OS. The van der Waals surface area contributed by atoms with E-state index < -0.39 is 41.5 Å². The number of hydrogen-bond acceptors (Lipinski definition) is 5. The highest BCUT2D eigenvalue weighted by Crippen LogP contribution is 2.37. The van der Waals surface area contributed by atoms with Crippen LogP contribution < -0.4 is 5.32 Å². The number of benzene rings is 1. The van der Waals surface area contributed by atoms with E-state index in [1.165, 1.54) is 18.6 Å². The maximum Gasteiger partial charge on any atom is 0.416 e. The summed E-state index contributed by atoms with van der Waals surface area (Å²) < 4.78 is 79.7. The third-order valence-corrected chi connectivity index (χ3v) is 5.60. The number of carbonyl (C=O) groups is 1. The van der Waals surface area contributed by atoms with Gasteiger partial charge >= 0.3 is 12.4 Å². The maximum atomic E-state index is 13.3. The number of aromatic nitrogens is 4. The number of alkyl halides is 6. The predicted molar refractivity (Wildman–Crippen MR) is 111 cm³/mol. The Morgan fingerprint density at radius 2 is 1.79 bits per heavy atom. The largest absolute Gasteiger partial charge is 0.416 e. The lowest BCUT2D eigenvalue weighted by Crippen LogP contribution is -2.15. The van der Waals surface area contributed by atoms with Crippen molar-refractivity contribution in [2.24, 2.45) is 0 Å². The molecule has 0 radical (unpaired) electrons. The second-order valence-corrected chi connectivity index (χ2v) is 8.02. The fourth-order valence-electron chi connectivity index (χ4n) is 3.02. The number of halogens is 6. The quantitative estimate of drug-likeness (QED) is 0.357. The Balaban J connectivity index is 1.49. The summed E-state index contributed by atoms with van der Waals surface area (Å²) in [5.41, 5.74) is -2.42. The van der Waals surface area contributed by atoms with Gasteiger partial charge in [0.15, 0.2) is 0 Å². The van der Waals surface area contributed by atoms with Crippen molar-refractivity contribution < 1.29 is 31.1 Å². The molecule has 6 nitrogen and oxygen atoms in total. The van der Waals surface area contributed by atoms with Gasteiger partial charge in [-0.15, -0.1) is 11.3 Å². The van der Waals surface area contributed by atoms with Crippen molar-refractivity contribution in [2.75, 3.05) is 5.32 Å². The molecule has 0 unspecified atom stereocenters. The first-order chi connectivity index (χ1) is 16.0. The van der Waals surface area contributed by atoms with Crippen LogP contribution >= 0.6 is 11.3 Å². The summed E-state index contributed by atoms with van der Waals surface area (Å²) in [5, 5.41) is 6.99. The summed E-state index contributed by atoms with van der Waals surface area (Å²) >= 11 is 1.10. The standard InChI is InChI=1S/C21H13F6N5OS/c22-20(23,24)13-5-4-12(15(7-13)21(25,26)27)10-32-11-14(8-30-32)31-18(33)17-9-29-19(34-17)16-3-1-2-6-28-16/h1-9,11H,10H2,(H,31,33). The summed E-state index contributed by atoms with van der Waals surface area (Å²) in [4.78, 5) is 21.1. The van der Waals surface area contributed by atoms with Crippen LogP contribution in [0.1, 0.15) is 26.4 Å². The van der Waals surface area contributed by atoms with Crippen molar-refractivity contribution in [2.45, 2.75) is 18.9 Å². The topological polar surface area (TPSA) is 72.7 Å². The van der Waals surface area contributed by atoms with Gasteiger partial charge in [-0.25, -0.2) is 4.98 Å². The van der Waals surface area contributed by atoms with Crippen LogP contribution in [0.15, 0.2) is 61.2 Å². The summed E-state index contributed by atoms with van der Waals surface area (Å²) in [7, 11) is 0. The first-order valence-electron chi connectivity index (χ1n) is 9.49. The van der Waals surface area contributed by atoms with Crippen LogP contribution in [0.5, 0.6) is 0 Å². The Kier molecular flexibility index (Phi) is 6.13. The molecule has 1 aromatic carbocycles. The highest BCUT2D eigenvalue weighted by Gasteiger charge is 2.38. The zero-order chi connectivity index (χ0) is 24.5. The zero-order valence-corrected chi connectivity index (χ0v) is 17.7. The molecule has 0 saturated carbocycles. The van der Waals surface area contributed by atoms with E-state index in [0.29, 0.717) is 16.8 Å². The molecule has 0 aliphatic rings. The van der Waals surface area contributed by atoms with E-state index in [1.54, 1.807) is 24.4 Å². The number of amides is 1. The van der Waals surface area contributed by atoms with Gasteiger partial charge in [-0.1, -0.05) is 12.1 Å². The van der Waals surface area contributed by atoms with Crippen LogP contribution in [0.4, 0.5) is 32.0 Å². The Labute approximate surface area is 191 Å². The molecule has 3 heterocycles. The summed E-state index contributed by atoms with van der Waals surface area (Å²) in [5.74, 6) is -0.509. The third kappa shape index (κ3) is 5.25. The molecule has 4 aromatic rings. The van der Waals surface area contributed by atoms with Gasteiger partial charge in [0.05, 0.1) is 41.4 Å². The summed E-state index contributed by atoms with van der Waals surface area (Å²) in [6.07, 6.45) is -4.45. The second kappa shape index (κ2) is 8.89. The van der Waals surface area contributed by atoms with Gasteiger partial charge in [0.25, 0.3) is 5.91 Å². The van der Waals surface area contributed by atoms with Crippen molar-refractivity contribution in [1.29, 1.82) is 0 Å². The number of carbonyl (C=O) groups excluding carboxylic acids is 1. The number of rotatable bonds is 5. The van der Waals surface area contributed by atoms with Crippen molar-refractivity contribution >= 4 is 22.9 Å².